The summed E-state index contributed by atoms with van der Waals surface area (Å²) in [7, 11) is 0. The Balaban J connectivity index is 1.92. The molecule has 1 aromatic carbocycles. The van der Waals surface area contributed by atoms with Crippen molar-refractivity contribution in [1.29, 1.82) is 0 Å². The molecule has 0 aromatic heterocycles. The summed E-state index contributed by atoms with van der Waals surface area (Å²) in [6, 6.07) is 5.68. The van der Waals surface area contributed by atoms with Gasteiger partial charge in [0.2, 0.25) is 5.91 Å². The SMILES string of the molecule is NC1C=CC(C(=O)Nc2ccc(OC(F)F)cc2)C1. The number of benzene rings is 1. The van der Waals surface area contributed by atoms with Gasteiger partial charge in [-0.2, -0.15) is 8.78 Å². The largest absolute Gasteiger partial charge is 0.435 e. The lowest BCUT2D eigenvalue weighted by Crippen LogP contribution is -2.23. The smallest absolute Gasteiger partial charge is 0.387 e. The molecule has 0 saturated carbocycles. The highest BCUT2D eigenvalue weighted by molar-refractivity contribution is 5.94. The minimum absolute atomic E-state index is 0.0517. The van der Waals surface area contributed by atoms with Crippen molar-refractivity contribution in [2.24, 2.45) is 11.7 Å². The molecule has 0 aliphatic heterocycles. The normalized spacial score (nSPS) is 21.7. The van der Waals surface area contributed by atoms with Crippen LogP contribution in [0.5, 0.6) is 5.75 Å². The van der Waals surface area contributed by atoms with E-state index in [0.29, 0.717) is 12.1 Å². The number of carbonyl (C=O) groups excluding carboxylic acids is 1. The highest BCUT2D eigenvalue weighted by Crippen LogP contribution is 2.21. The van der Waals surface area contributed by atoms with Crippen LogP contribution in [0.15, 0.2) is 36.4 Å². The van der Waals surface area contributed by atoms with Gasteiger partial charge >= 0.3 is 6.61 Å². The predicted octanol–water partition coefficient (Wildman–Crippen LogP) is 2.13. The fourth-order valence-corrected chi connectivity index (χ4v) is 1.88. The molecular formula is C13H14F2N2O2. The summed E-state index contributed by atoms with van der Waals surface area (Å²) in [6.45, 7) is -2.86. The molecule has 0 spiro atoms. The fourth-order valence-electron chi connectivity index (χ4n) is 1.88. The second-order valence-electron chi connectivity index (χ2n) is 4.28. The third-order valence-electron chi connectivity index (χ3n) is 2.80. The van der Waals surface area contributed by atoms with Crippen LogP contribution in [0.25, 0.3) is 0 Å². The van der Waals surface area contributed by atoms with Gasteiger partial charge in [0.25, 0.3) is 0 Å². The second kappa shape index (κ2) is 5.79. The van der Waals surface area contributed by atoms with Gasteiger partial charge < -0.3 is 15.8 Å². The average molecular weight is 268 g/mol. The van der Waals surface area contributed by atoms with Gasteiger partial charge in [-0.15, -0.1) is 0 Å². The Labute approximate surface area is 109 Å². The number of anilines is 1. The Hall–Kier alpha value is -1.95. The van der Waals surface area contributed by atoms with E-state index in [1.165, 1.54) is 24.3 Å². The molecule has 6 heteroatoms. The molecule has 1 aliphatic rings. The summed E-state index contributed by atoms with van der Waals surface area (Å²) in [6.07, 6.45) is 4.15. The van der Waals surface area contributed by atoms with Gasteiger partial charge in [0.05, 0.1) is 5.92 Å². The second-order valence-corrected chi connectivity index (χ2v) is 4.28. The van der Waals surface area contributed by atoms with E-state index in [-0.39, 0.29) is 23.6 Å². The first-order valence-corrected chi connectivity index (χ1v) is 5.84. The molecule has 1 amide bonds. The fraction of sp³-hybridized carbons (Fsp3) is 0.308. The van der Waals surface area contributed by atoms with E-state index in [2.05, 4.69) is 10.1 Å². The van der Waals surface area contributed by atoms with Crippen LogP contribution in [0, 0.1) is 5.92 Å². The van der Waals surface area contributed by atoms with Crippen molar-refractivity contribution in [1.82, 2.24) is 0 Å². The Kier molecular flexibility index (Phi) is 4.11. The number of ether oxygens (including phenoxy) is 1. The summed E-state index contributed by atoms with van der Waals surface area (Å²) >= 11 is 0. The van der Waals surface area contributed by atoms with E-state index in [9.17, 15) is 13.6 Å². The van der Waals surface area contributed by atoms with Gasteiger partial charge in [0.1, 0.15) is 5.75 Å². The molecule has 102 valence electrons. The van der Waals surface area contributed by atoms with E-state index in [4.69, 9.17) is 5.73 Å². The minimum atomic E-state index is -2.86. The first-order valence-electron chi connectivity index (χ1n) is 5.84. The number of alkyl halides is 2. The van der Waals surface area contributed by atoms with Crippen molar-refractivity contribution < 1.29 is 18.3 Å². The number of rotatable bonds is 4. The monoisotopic (exact) mass is 268 g/mol. The lowest BCUT2D eigenvalue weighted by Gasteiger charge is -2.11. The highest BCUT2D eigenvalue weighted by atomic mass is 19.3. The standard InChI is InChI=1S/C13H14F2N2O2/c14-13(15)19-11-5-3-10(4-6-11)17-12(18)8-1-2-9(16)7-8/h1-6,8-9,13H,7,16H2,(H,17,18). The molecular weight excluding hydrogens is 254 g/mol. The van der Waals surface area contributed by atoms with Crippen LogP contribution in [-0.4, -0.2) is 18.6 Å². The zero-order chi connectivity index (χ0) is 13.8. The van der Waals surface area contributed by atoms with Crippen molar-refractivity contribution in [2.75, 3.05) is 5.32 Å². The number of nitrogens with one attached hydrogen (secondary N) is 1. The predicted molar refractivity (Wildman–Crippen MR) is 66.9 cm³/mol. The lowest BCUT2D eigenvalue weighted by atomic mass is 10.1. The molecule has 0 heterocycles. The van der Waals surface area contributed by atoms with Gasteiger partial charge in [-0.25, -0.2) is 0 Å². The molecule has 3 N–H and O–H groups in total. The molecule has 19 heavy (non-hydrogen) atoms. The van der Waals surface area contributed by atoms with Gasteiger partial charge in [-0.05, 0) is 30.7 Å². The van der Waals surface area contributed by atoms with Gasteiger partial charge in [0.15, 0.2) is 0 Å². The first-order chi connectivity index (χ1) is 9.04. The van der Waals surface area contributed by atoms with E-state index in [0.717, 1.165) is 0 Å². The maximum atomic E-state index is 12.0. The Morgan fingerprint density at radius 3 is 2.53 bits per heavy atom. The molecule has 0 bridgehead atoms. The molecule has 2 atom stereocenters. The van der Waals surface area contributed by atoms with Gasteiger partial charge in [-0.1, -0.05) is 12.2 Å². The van der Waals surface area contributed by atoms with Crippen LogP contribution in [-0.2, 0) is 4.79 Å². The van der Waals surface area contributed by atoms with Crippen LogP contribution in [0.2, 0.25) is 0 Å². The Morgan fingerprint density at radius 2 is 2.00 bits per heavy atom. The Bertz CT molecular complexity index is 474. The van der Waals surface area contributed by atoms with E-state index >= 15 is 0 Å². The van der Waals surface area contributed by atoms with Crippen LogP contribution in [0.4, 0.5) is 14.5 Å². The van der Waals surface area contributed by atoms with E-state index < -0.39 is 6.61 Å². The summed E-state index contributed by atoms with van der Waals surface area (Å²) in [4.78, 5) is 11.9. The van der Waals surface area contributed by atoms with Crippen molar-refractivity contribution >= 4 is 11.6 Å². The van der Waals surface area contributed by atoms with Crippen molar-refractivity contribution in [2.45, 2.75) is 19.1 Å². The number of carbonyl (C=O) groups is 1. The summed E-state index contributed by atoms with van der Waals surface area (Å²) in [5.74, 6) is -0.352. The van der Waals surface area contributed by atoms with Crippen LogP contribution < -0.4 is 15.8 Å². The number of halogens is 2. The van der Waals surface area contributed by atoms with Crippen LogP contribution >= 0.6 is 0 Å². The number of hydrogen-bond donors (Lipinski definition) is 2. The molecule has 1 aromatic rings. The summed E-state index contributed by atoms with van der Waals surface area (Å²) < 4.78 is 28.1. The molecule has 0 radical (unpaired) electrons. The van der Waals surface area contributed by atoms with Crippen LogP contribution in [0.3, 0.4) is 0 Å². The quantitative estimate of drug-likeness (QED) is 0.822. The maximum absolute atomic E-state index is 12.0. The number of hydrogen-bond acceptors (Lipinski definition) is 3. The molecule has 1 aliphatic carbocycles. The van der Waals surface area contributed by atoms with Crippen molar-refractivity contribution in [3.8, 4) is 5.75 Å². The third-order valence-corrected chi connectivity index (χ3v) is 2.80. The molecule has 4 nitrogen and oxygen atoms in total. The third kappa shape index (κ3) is 3.75. The van der Waals surface area contributed by atoms with Crippen molar-refractivity contribution in [3.63, 3.8) is 0 Å². The highest BCUT2D eigenvalue weighted by Gasteiger charge is 2.22. The van der Waals surface area contributed by atoms with Crippen LogP contribution in [0.1, 0.15) is 6.42 Å². The van der Waals surface area contributed by atoms with E-state index in [1.54, 1.807) is 12.2 Å². The zero-order valence-corrected chi connectivity index (χ0v) is 10.1. The zero-order valence-electron chi connectivity index (χ0n) is 10.1. The number of nitrogens with two attached hydrogens (primary N) is 1. The van der Waals surface area contributed by atoms with E-state index in [1.807, 2.05) is 0 Å². The maximum Gasteiger partial charge on any atom is 0.387 e. The van der Waals surface area contributed by atoms with Gasteiger partial charge in [-0.3, -0.25) is 4.79 Å². The molecule has 2 unspecified atom stereocenters. The lowest BCUT2D eigenvalue weighted by molar-refractivity contribution is -0.118. The Morgan fingerprint density at radius 1 is 1.32 bits per heavy atom. The number of amides is 1. The van der Waals surface area contributed by atoms with Crippen molar-refractivity contribution in [3.05, 3.63) is 36.4 Å². The summed E-state index contributed by atoms with van der Waals surface area (Å²) in [5.41, 5.74) is 6.20. The molecule has 0 saturated heterocycles. The topological polar surface area (TPSA) is 64.4 Å². The first kappa shape index (κ1) is 13.5. The minimum Gasteiger partial charge on any atom is -0.435 e. The average Bonchev–Trinajstić information content (AvgIpc) is 2.78. The summed E-state index contributed by atoms with van der Waals surface area (Å²) in [5, 5.41) is 2.70. The molecule has 0 fully saturated rings. The van der Waals surface area contributed by atoms with Gasteiger partial charge in [0, 0.05) is 11.7 Å². The molecule has 2 rings (SSSR count).